The Morgan fingerprint density at radius 1 is 1.48 bits per heavy atom. The van der Waals surface area contributed by atoms with E-state index >= 15 is 0 Å². The second-order valence-electron chi connectivity index (χ2n) is 8.10. The maximum Gasteiger partial charge on any atom is 0.355 e. The molecule has 0 aromatic heterocycles. The van der Waals surface area contributed by atoms with Gasteiger partial charge in [0.1, 0.15) is 11.3 Å². The second kappa shape index (κ2) is 8.35. The molecule has 1 heterocycles. The third-order valence-corrected chi connectivity index (χ3v) is 9.82. The number of carbonyl (C=O) groups excluding carboxylic acids is 2. The maximum atomic E-state index is 12.4. The van der Waals surface area contributed by atoms with E-state index in [1.165, 1.54) is 0 Å². The molecule has 1 rings (SSSR count). The van der Waals surface area contributed by atoms with Crippen LogP contribution in [0.2, 0.25) is 18.1 Å². The van der Waals surface area contributed by atoms with Crippen LogP contribution in [0.3, 0.4) is 0 Å². The minimum Gasteiger partial charge on any atom is -0.450 e. The topological polar surface area (TPSA) is 64.6 Å². The fraction of sp³-hybridized carbons (Fsp3) is 0.667. The van der Waals surface area contributed by atoms with Crippen molar-refractivity contribution in [2.24, 2.45) is 0 Å². The third-order valence-electron chi connectivity index (χ3n) is 4.90. The molecule has 1 aliphatic rings. The number of hydrogen-bond acceptors (Lipinski definition) is 4. The summed E-state index contributed by atoms with van der Waals surface area (Å²) in [6, 6.07) is 0. The smallest absolute Gasteiger partial charge is 0.355 e. The fourth-order valence-corrected chi connectivity index (χ4v) is 3.83. The molecule has 1 amide bonds. The molecule has 142 valence electrons. The Balaban J connectivity index is 2.78. The molecule has 0 aromatic carbocycles. The van der Waals surface area contributed by atoms with E-state index in [1.54, 1.807) is 6.08 Å². The number of nitrogens with one attached hydrogen (secondary N) is 1. The Bertz CT molecular complexity index is 580. The van der Waals surface area contributed by atoms with Crippen LogP contribution in [0.25, 0.3) is 0 Å². The molecular weight excluding hydrogens is 449 g/mol. The molecule has 25 heavy (non-hydrogen) atoms. The molecule has 0 bridgehead atoms. The fourth-order valence-electron chi connectivity index (χ4n) is 2.09. The van der Waals surface area contributed by atoms with E-state index in [0.29, 0.717) is 6.42 Å². The van der Waals surface area contributed by atoms with Gasteiger partial charge < -0.3 is 14.5 Å². The minimum atomic E-state index is -2.00. The zero-order valence-electron chi connectivity index (χ0n) is 16.2. The summed E-state index contributed by atoms with van der Waals surface area (Å²) < 4.78 is 13.5. The van der Waals surface area contributed by atoms with E-state index < -0.39 is 19.9 Å². The van der Waals surface area contributed by atoms with Gasteiger partial charge in [0.25, 0.3) is 0 Å². The minimum absolute atomic E-state index is 0.0571. The molecule has 0 saturated heterocycles. The van der Waals surface area contributed by atoms with Crippen molar-refractivity contribution in [1.82, 2.24) is 5.32 Å². The van der Waals surface area contributed by atoms with Crippen LogP contribution in [0.1, 0.15) is 47.5 Å². The molecule has 0 saturated carbocycles. The number of halogens is 1. The molecule has 1 aliphatic heterocycles. The van der Waals surface area contributed by atoms with Crippen molar-refractivity contribution in [3.8, 4) is 0 Å². The van der Waals surface area contributed by atoms with Crippen molar-refractivity contribution in [2.45, 2.75) is 77.3 Å². The van der Waals surface area contributed by atoms with Crippen LogP contribution in [-0.2, 0) is 18.8 Å². The number of cyclic esters (lactones) is 1. The van der Waals surface area contributed by atoms with E-state index in [4.69, 9.17) is 9.16 Å². The summed E-state index contributed by atoms with van der Waals surface area (Å²) in [6.45, 7) is 14.6. The van der Waals surface area contributed by atoms with Crippen molar-refractivity contribution in [1.29, 1.82) is 0 Å². The maximum absolute atomic E-state index is 12.4. The first-order chi connectivity index (χ1) is 11.3. The van der Waals surface area contributed by atoms with Crippen LogP contribution in [0.15, 0.2) is 21.9 Å². The molecule has 0 radical (unpaired) electrons. The first-order valence-electron chi connectivity index (χ1n) is 8.54. The van der Waals surface area contributed by atoms with Gasteiger partial charge in [0.2, 0.25) is 5.91 Å². The highest BCUT2D eigenvalue weighted by atomic mass is 127. The van der Waals surface area contributed by atoms with Crippen LogP contribution >= 0.6 is 22.6 Å². The molecular formula is C18H30INO4Si. The van der Waals surface area contributed by atoms with Crippen LogP contribution in [0, 0.1) is 0 Å². The van der Waals surface area contributed by atoms with Crippen molar-refractivity contribution in [2.75, 3.05) is 0 Å². The van der Waals surface area contributed by atoms with E-state index in [9.17, 15) is 9.59 Å². The van der Waals surface area contributed by atoms with Crippen molar-refractivity contribution >= 4 is 42.8 Å². The first kappa shape index (κ1) is 22.4. The number of carbonyl (C=O) groups is 2. The lowest BCUT2D eigenvalue weighted by Crippen LogP contribution is -2.44. The molecule has 0 fully saturated rings. The molecule has 0 aromatic rings. The molecule has 0 unspecified atom stereocenters. The first-order valence-corrected chi connectivity index (χ1v) is 12.7. The number of ether oxygens (including phenoxy) is 1. The van der Waals surface area contributed by atoms with Crippen LogP contribution in [0.4, 0.5) is 0 Å². The summed E-state index contributed by atoms with van der Waals surface area (Å²) in [5.41, 5.74) is -0.419. The van der Waals surface area contributed by atoms with Gasteiger partial charge >= 0.3 is 5.97 Å². The Labute approximate surface area is 165 Å². The number of amides is 1. The molecule has 0 spiro atoms. The lowest BCUT2D eigenvalue weighted by atomic mass is 10.0. The summed E-state index contributed by atoms with van der Waals surface area (Å²) >= 11 is 2.12. The predicted molar refractivity (Wildman–Crippen MR) is 111 cm³/mol. The largest absolute Gasteiger partial charge is 0.450 e. The standard InChI is InChI=1S/C18H30INO4Si/c1-8-18(5)12-14(16(22)23-18)20-15(21)11-13(9-10-19)24-25(6,7)17(2,3)4/h9-10,12-13H,8,11H2,1-7H3,(H,20,21)/b10-9-/t13-,18-/m0/s1. The van der Waals surface area contributed by atoms with Crippen molar-refractivity contribution < 1.29 is 18.8 Å². The van der Waals surface area contributed by atoms with E-state index in [2.05, 4.69) is 61.8 Å². The zero-order valence-corrected chi connectivity index (χ0v) is 19.4. The lowest BCUT2D eigenvalue weighted by Gasteiger charge is -2.38. The third kappa shape index (κ3) is 6.21. The summed E-state index contributed by atoms with van der Waals surface area (Å²) in [5, 5.41) is 2.74. The molecule has 0 aliphatic carbocycles. The Morgan fingerprint density at radius 2 is 2.08 bits per heavy atom. The highest BCUT2D eigenvalue weighted by Crippen LogP contribution is 2.37. The van der Waals surface area contributed by atoms with Crippen molar-refractivity contribution in [3.05, 3.63) is 21.9 Å². The number of hydrogen-bond donors (Lipinski definition) is 1. The SMILES string of the molecule is CC[C@@]1(C)C=C(NC(=O)C[C@H](/C=C\I)O[Si](C)(C)C(C)(C)C)C(=O)O1. The van der Waals surface area contributed by atoms with E-state index in [0.717, 1.165) is 0 Å². The van der Waals surface area contributed by atoms with E-state index in [1.807, 2.05) is 24.0 Å². The van der Waals surface area contributed by atoms with Crippen LogP contribution in [0.5, 0.6) is 0 Å². The number of rotatable bonds is 7. The predicted octanol–water partition coefficient (Wildman–Crippen LogP) is 4.44. The lowest BCUT2D eigenvalue weighted by molar-refractivity contribution is -0.146. The Hall–Kier alpha value is -0.673. The second-order valence-corrected chi connectivity index (χ2v) is 13.6. The van der Waals surface area contributed by atoms with Crippen LogP contribution < -0.4 is 5.32 Å². The summed E-state index contributed by atoms with van der Waals surface area (Å²) in [5.74, 6) is -0.731. The van der Waals surface area contributed by atoms with Crippen LogP contribution in [-0.4, -0.2) is 31.9 Å². The summed E-state index contributed by atoms with van der Waals surface area (Å²) in [4.78, 5) is 24.3. The molecule has 2 atom stereocenters. The van der Waals surface area contributed by atoms with Gasteiger partial charge in [0.15, 0.2) is 8.32 Å². The normalized spacial score (nSPS) is 22.7. The molecule has 7 heteroatoms. The quantitative estimate of drug-likeness (QED) is 0.333. The van der Waals surface area contributed by atoms with Gasteiger partial charge in [0.05, 0.1) is 12.5 Å². The average Bonchev–Trinajstić information content (AvgIpc) is 2.72. The highest BCUT2D eigenvalue weighted by molar-refractivity contribution is 14.1. The summed E-state index contributed by atoms with van der Waals surface area (Å²) in [7, 11) is -2.00. The van der Waals surface area contributed by atoms with Crippen molar-refractivity contribution in [3.63, 3.8) is 0 Å². The number of esters is 1. The average molecular weight is 479 g/mol. The Morgan fingerprint density at radius 3 is 2.52 bits per heavy atom. The molecule has 5 nitrogen and oxygen atoms in total. The summed E-state index contributed by atoms with van der Waals surface area (Å²) in [6.07, 6.45) is 4.09. The molecule has 1 N–H and O–H groups in total. The van der Waals surface area contributed by atoms with Gasteiger partial charge in [-0.15, -0.1) is 0 Å². The van der Waals surface area contributed by atoms with Gasteiger partial charge in [-0.2, -0.15) is 0 Å². The Kier molecular flexibility index (Phi) is 7.47. The van der Waals surface area contributed by atoms with Gasteiger partial charge in [-0.05, 0) is 41.6 Å². The van der Waals surface area contributed by atoms with Gasteiger partial charge in [-0.1, -0.05) is 56.4 Å². The zero-order chi connectivity index (χ0) is 19.5. The van der Waals surface area contributed by atoms with Gasteiger partial charge in [-0.25, -0.2) is 4.79 Å². The van der Waals surface area contributed by atoms with Gasteiger partial charge in [0, 0.05) is 0 Å². The monoisotopic (exact) mass is 479 g/mol. The highest BCUT2D eigenvalue weighted by Gasteiger charge is 2.39. The van der Waals surface area contributed by atoms with E-state index in [-0.39, 0.29) is 29.2 Å². The van der Waals surface area contributed by atoms with Gasteiger partial charge in [-0.3, -0.25) is 4.79 Å².